The van der Waals surface area contributed by atoms with E-state index in [-0.39, 0.29) is 0 Å². The van der Waals surface area contributed by atoms with Crippen molar-refractivity contribution in [3.05, 3.63) is 37.0 Å². The molecule has 0 atom stereocenters. The van der Waals surface area contributed by atoms with Crippen molar-refractivity contribution >= 4 is 33.4 Å². The summed E-state index contributed by atoms with van der Waals surface area (Å²) in [6.07, 6.45) is 4.72. The predicted octanol–water partition coefficient (Wildman–Crippen LogP) is 3.65. The molecular weight excluding hydrogens is 334 g/mol. The number of thiazole rings is 1. The number of ether oxygens (including phenoxy) is 1. The quantitative estimate of drug-likeness (QED) is 0.519. The highest BCUT2D eigenvalue weighted by Gasteiger charge is 2.12. The van der Waals surface area contributed by atoms with Gasteiger partial charge in [0, 0.05) is 5.56 Å². The van der Waals surface area contributed by atoms with Crippen molar-refractivity contribution < 1.29 is 9.15 Å². The molecule has 23 heavy (non-hydrogen) atoms. The zero-order valence-electron chi connectivity index (χ0n) is 11.8. The molecule has 0 aliphatic heterocycles. The van der Waals surface area contributed by atoms with Gasteiger partial charge in [0.15, 0.2) is 9.99 Å². The molecule has 3 aromatic heterocycles. The smallest absolute Gasteiger partial charge is 0.247 e. The lowest BCUT2D eigenvalue weighted by molar-refractivity contribution is 0.469. The van der Waals surface area contributed by atoms with Gasteiger partial charge in [-0.2, -0.15) is 0 Å². The molecular formula is C14H9N5O2S2. The summed E-state index contributed by atoms with van der Waals surface area (Å²) in [5, 5.41) is 7.53. The Morgan fingerprint density at radius 1 is 1.17 bits per heavy atom. The summed E-state index contributed by atoms with van der Waals surface area (Å²) in [4.78, 5) is 12.8. The molecule has 7 nitrogen and oxygen atoms in total. The van der Waals surface area contributed by atoms with Gasteiger partial charge in [-0.05, 0) is 30.5 Å². The second kappa shape index (κ2) is 5.94. The van der Waals surface area contributed by atoms with E-state index in [4.69, 9.17) is 9.15 Å². The van der Waals surface area contributed by atoms with E-state index in [0.29, 0.717) is 23.2 Å². The number of nitrogens with zero attached hydrogens (tertiary/aromatic N) is 5. The molecule has 114 valence electrons. The van der Waals surface area contributed by atoms with Crippen molar-refractivity contribution in [3.8, 4) is 23.1 Å². The van der Waals surface area contributed by atoms with Gasteiger partial charge in [0.05, 0.1) is 0 Å². The Bertz CT molecular complexity index is 938. The van der Waals surface area contributed by atoms with Gasteiger partial charge in [-0.15, -0.1) is 21.5 Å². The summed E-state index contributed by atoms with van der Waals surface area (Å²) in [5.41, 5.74) is 1.47. The van der Waals surface area contributed by atoms with Gasteiger partial charge in [-0.1, -0.05) is 11.8 Å². The molecule has 0 aliphatic rings. The minimum Gasteiger partial charge on any atom is -0.437 e. The molecule has 1 aromatic carbocycles. The van der Waals surface area contributed by atoms with E-state index in [1.165, 1.54) is 24.1 Å². The minimum absolute atomic E-state index is 0.466. The first-order chi connectivity index (χ1) is 11.3. The summed E-state index contributed by atoms with van der Waals surface area (Å²) < 4.78 is 12.8. The van der Waals surface area contributed by atoms with Crippen molar-refractivity contribution in [2.75, 3.05) is 6.26 Å². The van der Waals surface area contributed by atoms with Crippen LogP contribution in [0, 0.1) is 0 Å². The van der Waals surface area contributed by atoms with Gasteiger partial charge >= 0.3 is 0 Å². The molecule has 0 unspecified atom stereocenters. The number of aromatic nitrogens is 5. The van der Waals surface area contributed by atoms with Gasteiger partial charge in [0.2, 0.25) is 18.2 Å². The molecule has 0 saturated carbocycles. The molecule has 0 fully saturated rings. The molecule has 4 aromatic rings. The van der Waals surface area contributed by atoms with Gasteiger partial charge in [0.1, 0.15) is 16.8 Å². The van der Waals surface area contributed by atoms with Gasteiger partial charge in [0.25, 0.3) is 0 Å². The largest absolute Gasteiger partial charge is 0.437 e. The maximum Gasteiger partial charge on any atom is 0.247 e. The van der Waals surface area contributed by atoms with E-state index >= 15 is 0 Å². The van der Waals surface area contributed by atoms with E-state index < -0.39 is 0 Å². The average molecular weight is 343 g/mol. The summed E-state index contributed by atoms with van der Waals surface area (Å²) in [6, 6.07) is 7.34. The standard InChI is InChI=1S/C14H9N5O2S2/c1-22-14-18-11-10(23-14)13(16-6-15-11)21-9-4-2-8(3-5-9)12-19-17-7-20-12/h2-7H,1H3. The highest BCUT2D eigenvalue weighted by Crippen LogP contribution is 2.34. The van der Waals surface area contributed by atoms with Crippen LogP contribution in [0.1, 0.15) is 0 Å². The molecule has 0 aliphatic carbocycles. The first-order valence-electron chi connectivity index (χ1n) is 6.53. The van der Waals surface area contributed by atoms with Crippen LogP contribution >= 0.6 is 23.1 Å². The normalized spacial score (nSPS) is 11.0. The van der Waals surface area contributed by atoms with Gasteiger partial charge in [-0.3, -0.25) is 0 Å². The Labute approximate surface area is 138 Å². The number of hydrogen-bond donors (Lipinski definition) is 0. The van der Waals surface area contributed by atoms with Crippen LogP contribution < -0.4 is 4.74 Å². The lowest BCUT2D eigenvalue weighted by atomic mass is 10.2. The first-order valence-corrected chi connectivity index (χ1v) is 8.57. The van der Waals surface area contributed by atoms with Crippen LogP contribution in [0.15, 0.2) is 45.7 Å². The number of hydrogen-bond acceptors (Lipinski definition) is 9. The third kappa shape index (κ3) is 2.76. The summed E-state index contributed by atoms with van der Waals surface area (Å²) in [6.45, 7) is 0. The maximum absolute atomic E-state index is 5.87. The van der Waals surface area contributed by atoms with E-state index in [0.717, 1.165) is 14.6 Å². The lowest BCUT2D eigenvalue weighted by Crippen LogP contribution is -1.89. The molecule has 0 saturated heterocycles. The van der Waals surface area contributed by atoms with Crippen molar-refractivity contribution in [2.45, 2.75) is 4.34 Å². The second-order valence-electron chi connectivity index (χ2n) is 4.39. The average Bonchev–Trinajstić information content (AvgIpc) is 3.25. The molecule has 9 heteroatoms. The van der Waals surface area contributed by atoms with Crippen molar-refractivity contribution in [1.29, 1.82) is 0 Å². The van der Waals surface area contributed by atoms with Crippen LogP contribution in [0.3, 0.4) is 0 Å². The van der Waals surface area contributed by atoms with E-state index in [9.17, 15) is 0 Å². The zero-order valence-corrected chi connectivity index (χ0v) is 13.5. The van der Waals surface area contributed by atoms with E-state index in [1.807, 2.05) is 30.5 Å². The molecule has 0 spiro atoms. The van der Waals surface area contributed by atoms with E-state index in [2.05, 4.69) is 25.1 Å². The van der Waals surface area contributed by atoms with Crippen LogP contribution in [-0.4, -0.2) is 31.4 Å². The SMILES string of the molecule is CSc1nc2ncnc(Oc3ccc(-c4nnco4)cc3)c2s1. The van der Waals surface area contributed by atoms with Crippen molar-refractivity contribution in [2.24, 2.45) is 0 Å². The fourth-order valence-electron chi connectivity index (χ4n) is 1.95. The van der Waals surface area contributed by atoms with Crippen LogP contribution in [0.4, 0.5) is 0 Å². The van der Waals surface area contributed by atoms with E-state index in [1.54, 1.807) is 11.8 Å². The minimum atomic E-state index is 0.466. The topological polar surface area (TPSA) is 86.8 Å². The molecule has 0 amide bonds. The Hall–Kier alpha value is -2.52. The fraction of sp³-hybridized carbons (Fsp3) is 0.0714. The van der Waals surface area contributed by atoms with Crippen LogP contribution in [0.2, 0.25) is 0 Å². The predicted molar refractivity (Wildman–Crippen MR) is 86.8 cm³/mol. The molecule has 0 radical (unpaired) electrons. The fourth-order valence-corrected chi connectivity index (χ4v) is 3.39. The van der Waals surface area contributed by atoms with Crippen LogP contribution in [0.5, 0.6) is 11.6 Å². The lowest BCUT2D eigenvalue weighted by Gasteiger charge is -2.05. The van der Waals surface area contributed by atoms with Crippen LogP contribution in [-0.2, 0) is 0 Å². The Morgan fingerprint density at radius 3 is 2.78 bits per heavy atom. The first kappa shape index (κ1) is 14.1. The number of thioether (sulfide) groups is 1. The molecule has 4 rings (SSSR count). The van der Waals surface area contributed by atoms with Crippen LogP contribution in [0.25, 0.3) is 21.8 Å². The number of benzene rings is 1. The summed E-state index contributed by atoms with van der Waals surface area (Å²) >= 11 is 3.08. The Balaban J connectivity index is 1.64. The van der Waals surface area contributed by atoms with Gasteiger partial charge < -0.3 is 9.15 Å². The maximum atomic E-state index is 5.87. The van der Waals surface area contributed by atoms with Crippen molar-refractivity contribution in [3.63, 3.8) is 0 Å². The van der Waals surface area contributed by atoms with Gasteiger partial charge in [-0.25, -0.2) is 15.0 Å². The molecule has 0 N–H and O–H groups in total. The molecule has 3 heterocycles. The van der Waals surface area contributed by atoms with Crippen molar-refractivity contribution in [1.82, 2.24) is 25.1 Å². The number of rotatable bonds is 4. The molecule has 0 bridgehead atoms. The highest BCUT2D eigenvalue weighted by atomic mass is 32.2. The zero-order chi connectivity index (χ0) is 15.6. The Kier molecular flexibility index (Phi) is 3.64. The second-order valence-corrected chi connectivity index (χ2v) is 6.44. The Morgan fingerprint density at radius 2 is 2.04 bits per heavy atom. The summed E-state index contributed by atoms with van der Waals surface area (Å²) in [7, 11) is 0. The highest BCUT2D eigenvalue weighted by molar-refractivity contribution is 8.00. The number of fused-ring (bicyclic) bond motifs is 1. The third-order valence-corrected chi connectivity index (χ3v) is 5.01. The monoisotopic (exact) mass is 343 g/mol. The third-order valence-electron chi connectivity index (χ3n) is 2.99. The summed E-state index contributed by atoms with van der Waals surface area (Å²) in [5.74, 6) is 1.62.